The van der Waals surface area contributed by atoms with Crippen LogP contribution in [-0.4, -0.2) is 41.2 Å². The number of pyridine rings is 1. The predicted molar refractivity (Wildman–Crippen MR) is 104 cm³/mol. The van der Waals surface area contributed by atoms with Gasteiger partial charge in [-0.25, -0.2) is 0 Å². The highest BCUT2D eigenvalue weighted by Gasteiger charge is 2.20. The topological polar surface area (TPSA) is 30.3 Å². The van der Waals surface area contributed by atoms with E-state index >= 15 is 0 Å². The molecule has 1 fully saturated rings. The Morgan fingerprint density at radius 3 is 2.68 bits per heavy atom. The van der Waals surface area contributed by atoms with Gasteiger partial charge in [0.15, 0.2) is 0 Å². The largest absolute Gasteiger partial charge is 0.497 e. The lowest BCUT2D eigenvalue weighted by Crippen LogP contribution is -2.34. The Morgan fingerprint density at radius 2 is 1.92 bits per heavy atom. The van der Waals surface area contributed by atoms with Crippen molar-refractivity contribution in [1.29, 1.82) is 0 Å². The van der Waals surface area contributed by atoms with Gasteiger partial charge in [-0.1, -0.05) is 6.42 Å². The first-order chi connectivity index (χ1) is 12.2. The van der Waals surface area contributed by atoms with E-state index in [0.717, 1.165) is 18.0 Å². The molecule has 4 heteroatoms. The monoisotopic (exact) mass is 337 g/mol. The van der Waals surface area contributed by atoms with Crippen LogP contribution in [0.2, 0.25) is 0 Å². The molecule has 0 bridgehead atoms. The van der Waals surface area contributed by atoms with Gasteiger partial charge in [0.1, 0.15) is 5.75 Å². The SMILES string of the molecule is COc1ccc2c3ccnc(C)c3n(C(C)CN3CCCCC3)c2c1. The molecule has 1 atom stereocenters. The third-order valence-electron chi connectivity index (χ3n) is 5.51. The lowest BCUT2D eigenvalue weighted by atomic mass is 10.1. The van der Waals surface area contributed by atoms with Gasteiger partial charge < -0.3 is 14.2 Å². The number of aryl methyl sites for hydroxylation is 1. The smallest absolute Gasteiger partial charge is 0.120 e. The number of rotatable bonds is 4. The second-order valence-corrected chi connectivity index (χ2v) is 7.26. The second-order valence-electron chi connectivity index (χ2n) is 7.26. The van der Waals surface area contributed by atoms with Crippen LogP contribution in [0, 0.1) is 6.92 Å². The fourth-order valence-electron chi connectivity index (χ4n) is 4.32. The third-order valence-corrected chi connectivity index (χ3v) is 5.51. The molecule has 2 aromatic heterocycles. The van der Waals surface area contributed by atoms with Crippen LogP contribution in [0.3, 0.4) is 0 Å². The van der Waals surface area contributed by atoms with E-state index in [1.807, 2.05) is 6.20 Å². The number of piperidine rings is 1. The molecule has 3 aromatic rings. The lowest BCUT2D eigenvalue weighted by molar-refractivity contribution is 0.204. The summed E-state index contributed by atoms with van der Waals surface area (Å²) >= 11 is 0. The van der Waals surface area contributed by atoms with E-state index in [4.69, 9.17) is 4.74 Å². The molecular formula is C21H27N3O. The quantitative estimate of drug-likeness (QED) is 0.699. The highest BCUT2D eigenvalue weighted by atomic mass is 16.5. The van der Waals surface area contributed by atoms with Crippen LogP contribution < -0.4 is 4.74 Å². The van der Waals surface area contributed by atoms with Gasteiger partial charge in [0.05, 0.1) is 23.8 Å². The maximum atomic E-state index is 5.49. The summed E-state index contributed by atoms with van der Waals surface area (Å²) in [6.45, 7) is 7.98. The third kappa shape index (κ3) is 2.89. The van der Waals surface area contributed by atoms with E-state index in [9.17, 15) is 0 Å². The van der Waals surface area contributed by atoms with Gasteiger partial charge >= 0.3 is 0 Å². The summed E-state index contributed by atoms with van der Waals surface area (Å²) in [6.07, 6.45) is 5.95. The van der Waals surface area contributed by atoms with Gasteiger partial charge in [0.2, 0.25) is 0 Å². The molecular weight excluding hydrogens is 310 g/mol. The number of hydrogen-bond donors (Lipinski definition) is 0. The van der Waals surface area contributed by atoms with E-state index in [2.05, 4.69) is 52.6 Å². The summed E-state index contributed by atoms with van der Waals surface area (Å²) < 4.78 is 7.97. The molecule has 0 saturated carbocycles. The summed E-state index contributed by atoms with van der Waals surface area (Å²) in [5.41, 5.74) is 3.60. The molecule has 1 unspecified atom stereocenters. The van der Waals surface area contributed by atoms with Gasteiger partial charge in [-0.05, 0) is 58.0 Å². The summed E-state index contributed by atoms with van der Waals surface area (Å²) in [5, 5.41) is 2.57. The molecule has 1 aliphatic rings. The maximum Gasteiger partial charge on any atom is 0.120 e. The van der Waals surface area contributed by atoms with Gasteiger partial charge in [-0.3, -0.25) is 4.98 Å². The molecule has 0 radical (unpaired) electrons. The minimum atomic E-state index is 0.396. The Morgan fingerprint density at radius 1 is 1.12 bits per heavy atom. The van der Waals surface area contributed by atoms with Crippen LogP contribution in [-0.2, 0) is 0 Å². The van der Waals surface area contributed by atoms with Crippen LogP contribution >= 0.6 is 0 Å². The van der Waals surface area contributed by atoms with Crippen molar-refractivity contribution in [2.75, 3.05) is 26.7 Å². The van der Waals surface area contributed by atoms with Gasteiger partial charge in [0.25, 0.3) is 0 Å². The van der Waals surface area contributed by atoms with E-state index in [0.29, 0.717) is 6.04 Å². The first kappa shape index (κ1) is 16.4. The molecule has 1 aromatic carbocycles. The minimum Gasteiger partial charge on any atom is -0.497 e. The number of methoxy groups -OCH3 is 1. The van der Waals surface area contributed by atoms with Crippen LogP contribution in [0.25, 0.3) is 21.8 Å². The van der Waals surface area contributed by atoms with Crippen molar-refractivity contribution in [2.45, 2.75) is 39.2 Å². The molecule has 1 aliphatic heterocycles. The summed E-state index contributed by atoms with van der Waals surface area (Å²) in [6, 6.07) is 8.94. The zero-order valence-electron chi connectivity index (χ0n) is 15.5. The summed E-state index contributed by atoms with van der Waals surface area (Å²) in [4.78, 5) is 7.18. The highest BCUT2D eigenvalue weighted by Crippen LogP contribution is 2.35. The van der Waals surface area contributed by atoms with Crippen LogP contribution in [0.4, 0.5) is 0 Å². The van der Waals surface area contributed by atoms with Gasteiger partial charge in [-0.15, -0.1) is 0 Å². The molecule has 0 amide bonds. The molecule has 4 nitrogen and oxygen atoms in total. The molecule has 0 N–H and O–H groups in total. The van der Waals surface area contributed by atoms with Crippen LogP contribution in [0.1, 0.15) is 37.9 Å². The minimum absolute atomic E-state index is 0.396. The first-order valence-electron chi connectivity index (χ1n) is 9.34. The number of fused-ring (bicyclic) bond motifs is 3. The molecule has 0 aliphatic carbocycles. The first-order valence-corrected chi connectivity index (χ1v) is 9.34. The maximum absolute atomic E-state index is 5.49. The lowest BCUT2D eigenvalue weighted by Gasteiger charge is -2.30. The van der Waals surface area contributed by atoms with E-state index in [-0.39, 0.29) is 0 Å². The second kappa shape index (κ2) is 6.68. The molecule has 132 valence electrons. The molecule has 3 heterocycles. The van der Waals surface area contributed by atoms with Crippen molar-refractivity contribution >= 4 is 21.8 Å². The Hall–Kier alpha value is -2.07. The standard InChI is InChI=1S/C21H27N3O/c1-15(14-23-11-5-4-6-12-23)24-20-13-17(25-3)7-8-18(20)19-9-10-22-16(2)21(19)24/h7-10,13,15H,4-6,11-12,14H2,1-3H3. The van der Waals surface area contributed by atoms with E-state index in [1.54, 1.807) is 7.11 Å². The Labute approximate surface area is 149 Å². The fourth-order valence-corrected chi connectivity index (χ4v) is 4.32. The number of benzene rings is 1. The summed E-state index contributed by atoms with van der Waals surface area (Å²) in [7, 11) is 1.73. The number of aromatic nitrogens is 2. The predicted octanol–water partition coefficient (Wildman–Crippen LogP) is 4.55. The fraction of sp³-hybridized carbons (Fsp3) is 0.476. The molecule has 0 spiro atoms. The average molecular weight is 337 g/mol. The van der Waals surface area contributed by atoms with Gasteiger partial charge in [-0.2, -0.15) is 0 Å². The Balaban J connectivity index is 1.86. The number of nitrogens with zero attached hydrogens (tertiary/aromatic N) is 3. The molecule has 4 rings (SSSR count). The van der Waals surface area contributed by atoms with Crippen molar-refractivity contribution in [3.63, 3.8) is 0 Å². The highest BCUT2D eigenvalue weighted by molar-refractivity contribution is 6.09. The van der Waals surface area contributed by atoms with Crippen molar-refractivity contribution < 1.29 is 4.74 Å². The van der Waals surface area contributed by atoms with Gasteiger partial charge in [0, 0.05) is 35.6 Å². The zero-order chi connectivity index (χ0) is 17.4. The number of likely N-dealkylation sites (tertiary alicyclic amines) is 1. The summed E-state index contributed by atoms with van der Waals surface area (Å²) in [5.74, 6) is 0.910. The molecule has 1 saturated heterocycles. The number of ether oxygens (including phenoxy) is 1. The van der Waals surface area contributed by atoms with E-state index < -0.39 is 0 Å². The average Bonchev–Trinajstić information content (AvgIpc) is 2.97. The number of hydrogen-bond acceptors (Lipinski definition) is 3. The van der Waals surface area contributed by atoms with Crippen molar-refractivity contribution in [3.05, 3.63) is 36.2 Å². The molecule has 25 heavy (non-hydrogen) atoms. The zero-order valence-corrected chi connectivity index (χ0v) is 15.5. The van der Waals surface area contributed by atoms with Crippen LogP contribution in [0.15, 0.2) is 30.5 Å². The Kier molecular flexibility index (Phi) is 4.38. The van der Waals surface area contributed by atoms with Crippen molar-refractivity contribution in [2.24, 2.45) is 0 Å². The van der Waals surface area contributed by atoms with E-state index in [1.165, 1.54) is 54.2 Å². The van der Waals surface area contributed by atoms with Crippen molar-refractivity contribution in [3.8, 4) is 5.75 Å². The Bertz CT molecular complexity index is 893. The van der Waals surface area contributed by atoms with Crippen molar-refractivity contribution in [1.82, 2.24) is 14.5 Å². The van der Waals surface area contributed by atoms with Crippen LogP contribution in [0.5, 0.6) is 5.75 Å². The normalized spacial score (nSPS) is 17.2.